The minimum absolute atomic E-state index is 0.336. The Labute approximate surface area is 110 Å². The molecule has 0 spiro atoms. The van der Waals surface area contributed by atoms with Gasteiger partial charge in [0.2, 0.25) is 0 Å². The Morgan fingerprint density at radius 3 is 2.60 bits per heavy atom. The third kappa shape index (κ3) is 3.73. The van der Waals surface area contributed by atoms with Crippen LogP contribution in [-0.4, -0.2) is 28.7 Å². The maximum atomic E-state index is 12.6. The first-order valence-electron chi connectivity index (χ1n) is 5.17. The first kappa shape index (κ1) is 15.5. The highest BCUT2D eigenvalue weighted by Crippen LogP contribution is 2.30. The van der Waals surface area contributed by atoms with Crippen molar-refractivity contribution in [3.63, 3.8) is 0 Å². The van der Waals surface area contributed by atoms with Gasteiger partial charge < -0.3 is 15.7 Å². The maximum absolute atomic E-state index is 12.6. The summed E-state index contributed by atoms with van der Waals surface area (Å²) in [5.74, 6) is -3.79. The lowest BCUT2D eigenvalue weighted by Gasteiger charge is -2.19. The molecule has 1 aromatic carbocycles. The van der Waals surface area contributed by atoms with Gasteiger partial charge in [0, 0.05) is 6.07 Å². The summed E-state index contributed by atoms with van der Waals surface area (Å²) >= 11 is 0. The lowest BCUT2D eigenvalue weighted by molar-refractivity contribution is -0.386. The highest BCUT2D eigenvalue weighted by atomic mass is 19.4. The number of nitro groups is 1. The van der Waals surface area contributed by atoms with Crippen molar-refractivity contribution in [1.29, 1.82) is 0 Å². The number of benzene rings is 1. The number of hydrogen-bond donors (Lipinski definition) is 2. The summed E-state index contributed by atoms with van der Waals surface area (Å²) in [7, 11) is 0. The quantitative estimate of drug-likeness (QED) is 0.283. The molecule has 0 aromatic heterocycles. The molecule has 3 N–H and O–H groups in total. The number of nitro benzene ring substituents is 1. The van der Waals surface area contributed by atoms with Gasteiger partial charge in [-0.2, -0.15) is 13.2 Å². The molecule has 0 aliphatic carbocycles. The van der Waals surface area contributed by atoms with E-state index < -0.39 is 35.1 Å². The fraction of sp³-hybridized carbons (Fsp3) is 0.300. The van der Waals surface area contributed by atoms with E-state index >= 15 is 0 Å². The second-order valence-corrected chi connectivity index (χ2v) is 3.65. The molecule has 0 heterocycles. The van der Waals surface area contributed by atoms with E-state index in [0.29, 0.717) is 0 Å². The van der Waals surface area contributed by atoms with Crippen LogP contribution in [-0.2, 0) is 0 Å². The van der Waals surface area contributed by atoms with Crippen LogP contribution < -0.4 is 10.5 Å². The Bertz CT molecular complexity index is 519. The van der Waals surface area contributed by atoms with Crippen LogP contribution in [0.25, 0.3) is 0 Å². The normalized spacial score (nSPS) is 13.8. The molecule has 0 saturated carbocycles. The molecule has 0 bridgehead atoms. The third-order valence-electron chi connectivity index (χ3n) is 2.34. The molecule has 0 saturated heterocycles. The second kappa shape index (κ2) is 6.08. The highest BCUT2D eigenvalue weighted by Gasteiger charge is 2.43. The van der Waals surface area contributed by atoms with E-state index in [2.05, 4.69) is 5.16 Å². The van der Waals surface area contributed by atoms with Gasteiger partial charge in [-0.15, -0.1) is 0 Å². The van der Waals surface area contributed by atoms with Gasteiger partial charge in [0.1, 0.15) is 12.5 Å². The fourth-order valence-corrected chi connectivity index (χ4v) is 1.32. The van der Waals surface area contributed by atoms with Gasteiger partial charge in [-0.1, -0.05) is 17.3 Å². The van der Waals surface area contributed by atoms with Gasteiger partial charge in [0.05, 0.1) is 4.92 Å². The van der Waals surface area contributed by atoms with Crippen LogP contribution in [0.1, 0.15) is 0 Å². The van der Waals surface area contributed by atoms with Crippen LogP contribution >= 0.6 is 0 Å². The summed E-state index contributed by atoms with van der Waals surface area (Å²) in [5, 5.41) is 21.3. The summed E-state index contributed by atoms with van der Waals surface area (Å²) in [6.07, 6.45) is -4.81. The maximum Gasteiger partial charge on any atom is 0.402 e. The zero-order chi connectivity index (χ0) is 15.3. The third-order valence-corrected chi connectivity index (χ3v) is 2.34. The van der Waals surface area contributed by atoms with E-state index in [0.717, 1.165) is 12.1 Å². The monoisotopic (exact) mass is 293 g/mol. The molecule has 0 aliphatic heterocycles. The molecule has 0 fully saturated rings. The van der Waals surface area contributed by atoms with E-state index in [-0.39, 0.29) is 5.75 Å². The average molecular weight is 293 g/mol. The number of hydrogen-bond acceptors (Lipinski definition) is 5. The molecule has 0 aliphatic rings. The molecular weight excluding hydrogens is 283 g/mol. The summed E-state index contributed by atoms with van der Waals surface area (Å²) in [4.78, 5) is 9.88. The van der Waals surface area contributed by atoms with Gasteiger partial charge >= 0.3 is 11.9 Å². The number of halogens is 3. The molecule has 7 nitrogen and oxygen atoms in total. The minimum Gasteiger partial charge on any atom is -0.486 e. The van der Waals surface area contributed by atoms with E-state index in [1.807, 2.05) is 0 Å². The predicted molar refractivity (Wildman–Crippen MR) is 61.5 cm³/mol. The highest BCUT2D eigenvalue weighted by molar-refractivity contribution is 5.83. The largest absolute Gasteiger partial charge is 0.486 e. The fourth-order valence-electron chi connectivity index (χ4n) is 1.32. The Hall–Kier alpha value is -2.52. The van der Waals surface area contributed by atoms with Crippen molar-refractivity contribution in [2.45, 2.75) is 6.18 Å². The van der Waals surface area contributed by atoms with Gasteiger partial charge in [0.15, 0.2) is 11.6 Å². The van der Waals surface area contributed by atoms with Crippen LogP contribution in [0.5, 0.6) is 5.75 Å². The topological polar surface area (TPSA) is 111 Å². The zero-order valence-electron chi connectivity index (χ0n) is 9.87. The molecular formula is C10H10F3N3O4. The van der Waals surface area contributed by atoms with Crippen LogP contribution in [0.3, 0.4) is 0 Å². The molecule has 0 radical (unpaired) electrons. The molecule has 110 valence electrons. The van der Waals surface area contributed by atoms with E-state index in [4.69, 9.17) is 15.7 Å². The van der Waals surface area contributed by atoms with Crippen LogP contribution in [0.2, 0.25) is 0 Å². The van der Waals surface area contributed by atoms with Crippen molar-refractivity contribution >= 4 is 11.5 Å². The molecule has 1 unspecified atom stereocenters. The van der Waals surface area contributed by atoms with Crippen molar-refractivity contribution in [3.8, 4) is 5.75 Å². The average Bonchev–Trinajstić information content (AvgIpc) is 2.37. The van der Waals surface area contributed by atoms with Crippen LogP contribution in [0.15, 0.2) is 29.4 Å². The first-order chi connectivity index (χ1) is 9.27. The standard InChI is InChI=1S/C10H10F3N3O4/c11-10(12,13)6(9(14)15-17)5-20-8-4-2-1-3-7(8)16(18)19/h1-4,6,17H,5H2,(H2,14,15). The van der Waals surface area contributed by atoms with E-state index in [9.17, 15) is 23.3 Å². The van der Waals surface area contributed by atoms with E-state index in [1.165, 1.54) is 12.1 Å². The number of oxime groups is 1. The summed E-state index contributed by atoms with van der Waals surface area (Å²) in [5.41, 5.74) is 4.45. The predicted octanol–water partition coefficient (Wildman–Crippen LogP) is 1.90. The minimum atomic E-state index is -4.81. The molecule has 10 heteroatoms. The van der Waals surface area contributed by atoms with Crippen LogP contribution in [0.4, 0.5) is 18.9 Å². The number of alkyl halides is 3. The van der Waals surface area contributed by atoms with Crippen molar-refractivity contribution < 1.29 is 28.0 Å². The Morgan fingerprint density at radius 2 is 2.10 bits per heavy atom. The molecule has 20 heavy (non-hydrogen) atoms. The van der Waals surface area contributed by atoms with E-state index in [1.54, 1.807) is 0 Å². The molecule has 1 aromatic rings. The Balaban J connectivity index is 2.92. The number of para-hydroxylation sites is 2. The smallest absolute Gasteiger partial charge is 0.402 e. The zero-order valence-corrected chi connectivity index (χ0v) is 9.87. The van der Waals surface area contributed by atoms with Crippen molar-refractivity contribution in [3.05, 3.63) is 34.4 Å². The Morgan fingerprint density at radius 1 is 1.50 bits per heavy atom. The molecule has 0 amide bonds. The lowest BCUT2D eigenvalue weighted by Crippen LogP contribution is -2.40. The number of nitrogens with two attached hydrogens (primary N) is 1. The van der Waals surface area contributed by atoms with Crippen molar-refractivity contribution in [2.24, 2.45) is 16.8 Å². The molecule has 1 rings (SSSR count). The number of amidine groups is 1. The Kier molecular flexibility index (Phi) is 4.73. The molecule has 1 atom stereocenters. The number of rotatable bonds is 5. The van der Waals surface area contributed by atoms with Crippen LogP contribution in [0, 0.1) is 16.0 Å². The van der Waals surface area contributed by atoms with Crippen molar-refractivity contribution in [2.75, 3.05) is 6.61 Å². The van der Waals surface area contributed by atoms with Gasteiger partial charge in [-0.25, -0.2) is 0 Å². The van der Waals surface area contributed by atoms with Crippen molar-refractivity contribution in [1.82, 2.24) is 0 Å². The summed E-state index contributed by atoms with van der Waals surface area (Å²) in [6.45, 7) is -1.04. The summed E-state index contributed by atoms with van der Waals surface area (Å²) < 4.78 is 42.7. The van der Waals surface area contributed by atoms with Gasteiger partial charge in [0.25, 0.3) is 0 Å². The number of ether oxygens (including phenoxy) is 1. The van der Waals surface area contributed by atoms with Gasteiger partial charge in [-0.3, -0.25) is 10.1 Å². The van der Waals surface area contributed by atoms with Gasteiger partial charge in [-0.05, 0) is 6.07 Å². The first-order valence-corrected chi connectivity index (χ1v) is 5.17. The SMILES string of the molecule is N/C(=N/O)C(COc1ccccc1[N+](=O)[O-])C(F)(F)F. The summed E-state index contributed by atoms with van der Waals surface area (Å²) in [6, 6.07) is 4.95. The second-order valence-electron chi connectivity index (χ2n) is 3.65. The lowest BCUT2D eigenvalue weighted by atomic mass is 10.1. The number of nitrogens with zero attached hydrogens (tertiary/aromatic N) is 2.